The summed E-state index contributed by atoms with van der Waals surface area (Å²) in [6.07, 6.45) is 2.46. The van der Waals surface area contributed by atoms with E-state index >= 15 is 0 Å². The van der Waals surface area contributed by atoms with Crippen molar-refractivity contribution in [3.05, 3.63) is 6.33 Å². The van der Waals surface area contributed by atoms with Crippen molar-refractivity contribution >= 4 is 11.9 Å². The summed E-state index contributed by atoms with van der Waals surface area (Å²) in [5.74, 6) is 0.829. The monoisotopic (exact) mass is 240 g/mol. The third-order valence-corrected chi connectivity index (χ3v) is 2.25. The van der Waals surface area contributed by atoms with Crippen molar-refractivity contribution in [1.82, 2.24) is 14.8 Å². The molecule has 1 heterocycles. The van der Waals surface area contributed by atoms with Crippen molar-refractivity contribution < 1.29 is 9.53 Å². The van der Waals surface area contributed by atoms with Gasteiger partial charge in [0, 0.05) is 0 Å². The minimum atomic E-state index is -0.314. The predicted molar refractivity (Wildman–Crippen MR) is 64.0 cm³/mol. The molecule has 1 rings (SSSR count). The Kier molecular flexibility index (Phi) is 4.93. The zero-order valence-corrected chi connectivity index (χ0v) is 10.6. The molecule has 0 radical (unpaired) electrons. The van der Waals surface area contributed by atoms with E-state index < -0.39 is 0 Å². The molecule has 6 nitrogen and oxygen atoms in total. The number of hydrogen-bond acceptors (Lipinski definition) is 5. The molecule has 1 aromatic heterocycles. The van der Waals surface area contributed by atoms with Crippen LogP contribution in [0, 0.1) is 11.8 Å². The smallest absolute Gasteiger partial charge is 0.327 e. The fraction of sp³-hybridized carbons (Fsp3) is 0.727. The number of rotatable bonds is 6. The first-order chi connectivity index (χ1) is 7.97. The molecule has 0 aliphatic carbocycles. The predicted octanol–water partition coefficient (Wildman–Crippen LogP) is 1.09. The highest BCUT2D eigenvalue weighted by Gasteiger charge is 2.10. The van der Waals surface area contributed by atoms with Gasteiger partial charge in [-0.25, -0.2) is 9.67 Å². The van der Waals surface area contributed by atoms with Crippen LogP contribution in [0.3, 0.4) is 0 Å². The number of esters is 1. The second-order valence-electron chi connectivity index (χ2n) is 4.72. The fourth-order valence-corrected chi connectivity index (χ4v) is 1.67. The van der Waals surface area contributed by atoms with Gasteiger partial charge in [0.25, 0.3) is 0 Å². The van der Waals surface area contributed by atoms with Gasteiger partial charge in [0.2, 0.25) is 5.95 Å². The summed E-state index contributed by atoms with van der Waals surface area (Å²) in [5, 5.41) is 3.81. The number of nitrogen functional groups attached to an aromatic ring is 1. The lowest BCUT2D eigenvalue weighted by Gasteiger charge is -2.13. The number of nitrogens with zero attached hydrogens (tertiary/aromatic N) is 3. The standard InChI is InChI=1S/C11H20N4O2/c1-8(2)4-9(3)6-17-10(16)5-15-7-13-11(12)14-15/h7-9H,4-6H2,1-3H3,(H2,12,14). The van der Waals surface area contributed by atoms with Crippen LogP contribution in [0.15, 0.2) is 6.33 Å². The summed E-state index contributed by atoms with van der Waals surface area (Å²) >= 11 is 0. The lowest BCUT2D eigenvalue weighted by Crippen LogP contribution is -2.18. The molecule has 0 spiro atoms. The Morgan fingerprint density at radius 1 is 1.53 bits per heavy atom. The van der Waals surface area contributed by atoms with Gasteiger partial charge in [0.1, 0.15) is 12.9 Å². The molecule has 0 aliphatic rings. The minimum Gasteiger partial charge on any atom is -0.464 e. The van der Waals surface area contributed by atoms with Gasteiger partial charge in [-0.2, -0.15) is 0 Å². The Balaban J connectivity index is 2.26. The topological polar surface area (TPSA) is 83.0 Å². The second-order valence-corrected chi connectivity index (χ2v) is 4.72. The first kappa shape index (κ1) is 13.5. The number of ether oxygens (including phenoxy) is 1. The highest BCUT2D eigenvalue weighted by atomic mass is 16.5. The first-order valence-corrected chi connectivity index (χ1v) is 5.78. The van der Waals surface area contributed by atoms with E-state index in [9.17, 15) is 4.79 Å². The van der Waals surface area contributed by atoms with Crippen LogP contribution in [0.25, 0.3) is 0 Å². The fourth-order valence-electron chi connectivity index (χ4n) is 1.67. The third-order valence-electron chi connectivity index (χ3n) is 2.25. The summed E-state index contributed by atoms with van der Waals surface area (Å²) in [6.45, 7) is 6.87. The van der Waals surface area contributed by atoms with Crippen LogP contribution in [-0.4, -0.2) is 27.3 Å². The first-order valence-electron chi connectivity index (χ1n) is 5.78. The lowest BCUT2D eigenvalue weighted by atomic mass is 10.00. The highest BCUT2D eigenvalue weighted by molar-refractivity contribution is 5.69. The van der Waals surface area contributed by atoms with Crippen molar-refractivity contribution in [1.29, 1.82) is 0 Å². The Morgan fingerprint density at radius 2 is 2.24 bits per heavy atom. The molecule has 0 amide bonds. The molecule has 17 heavy (non-hydrogen) atoms. The van der Waals surface area contributed by atoms with Crippen LogP contribution in [0.4, 0.5) is 5.95 Å². The molecular weight excluding hydrogens is 220 g/mol. The van der Waals surface area contributed by atoms with E-state index in [2.05, 4.69) is 30.9 Å². The number of carbonyl (C=O) groups excluding carboxylic acids is 1. The van der Waals surface area contributed by atoms with E-state index in [4.69, 9.17) is 10.5 Å². The van der Waals surface area contributed by atoms with Crippen LogP contribution in [0.5, 0.6) is 0 Å². The van der Waals surface area contributed by atoms with Gasteiger partial charge in [-0.15, -0.1) is 5.10 Å². The van der Waals surface area contributed by atoms with Crippen LogP contribution in [0.1, 0.15) is 27.2 Å². The average molecular weight is 240 g/mol. The number of hydrogen-bond donors (Lipinski definition) is 1. The second kappa shape index (κ2) is 6.22. The Labute approximate surface area is 101 Å². The summed E-state index contributed by atoms with van der Waals surface area (Å²) in [4.78, 5) is 15.2. The quantitative estimate of drug-likeness (QED) is 0.752. The molecule has 0 bridgehead atoms. The Bertz CT molecular complexity index is 362. The van der Waals surface area contributed by atoms with E-state index in [0.29, 0.717) is 18.4 Å². The van der Waals surface area contributed by atoms with E-state index in [1.54, 1.807) is 0 Å². The van der Waals surface area contributed by atoms with E-state index in [-0.39, 0.29) is 18.5 Å². The van der Waals surface area contributed by atoms with Gasteiger partial charge >= 0.3 is 5.97 Å². The summed E-state index contributed by atoms with van der Waals surface area (Å²) < 4.78 is 6.52. The molecule has 1 atom stereocenters. The molecular formula is C11H20N4O2. The number of anilines is 1. The van der Waals surface area contributed by atoms with Crippen molar-refractivity contribution in [2.75, 3.05) is 12.3 Å². The maximum absolute atomic E-state index is 11.5. The van der Waals surface area contributed by atoms with Gasteiger partial charge < -0.3 is 10.5 Å². The highest BCUT2D eigenvalue weighted by Crippen LogP contribution is 2.11. The van der Waals surface area contributed by atoms with Gasteiger partial charge in [0.05, 0.1) is 6.61 Å². The van der Waals surface area contributed by atoms with Gasteiger partial charge in [0.15, 0.2) is 0 Å². The van der Waals surface area contributed by atoms with Crippen molar-refractivity contribution in [3.63, 3.8) is 0 Å². The number of aromatic nitrogens is 3. The molecule has 6 heteroatoms. The lowest BCUT2D eigenvalue weighted by molar-refractivity contribution is -0.146. The number of nitrogens with two attached hydrogens (primary N) is 1. The van der Waals surface area contributed by atoms with E-state index in [1.807, 2.05) is 0 Å². The van der Waals surface area contributed by atoms with Crippen LogP contribution in [0.2, 0.25) is 0 Å². The maximum atomic E-state index is 11.5. The zero-order chi connectivity index (χ0) is 12.8. The summed E-state index contributed by atoms with van der Waals surface area (Å²) in [7, 11) is 0. The SMILES string of the molecule is CC(C)CC(C)COC(=O)Cn1cnc(N)n1. The molecule has 2 N–H and O–H groups in total. The van der Waals surface area contributed by atoms with E-state index in [1.165, 1.54) is 11.0 Å². The molecule has 96 valence electrons. The molecule has 1 aromatic rings. The van der Waals surface area contributed by atoms with Crippen LogP contribution >= 0.6 is 0 Å². The van der Waals surface area contributed by atoms with Gasteiger partial charge in [-0.1, -0.05) is 20.8 Å². The third kappa shape index (κ3) is 5.33. The zero-order valence-electron chi connectivity index (χ0n) is 10.6. The van der Waals surface area contributed by atoms with Crippen molar-refractivity contribution in [3.8, 4) is 0 Å². The summed E-state index contributed by atoms with van der Waals surface area (Å²) in [6, 6.07) is 0. The van der Waals surface area contributed by atoms with Gasteiger partial charge in [-0.05, 0) is 18.3 Å². The Morgan fingerprint density at radius 3 is 2.76 bits per heavy atom. The van der Waals surface area contributed by atoms with E-state index in [0.717, 1.165) is 6.42 Å². The Hall–Kier alpha value is -1.59. The van der Waals surface area contributed by atoms with Crippen LogP contribution < -0.4 is 5.73 Å². The molecule has 0 saturated carbocycles. The molecule has 0 saturated heterocycles. The largest absolute Gasteiger partial charge is 0.464 e. The molecule has 0 aromatic carbocycles. The van der Waals surface area contributed by atoms with Gasteiger partial charge in [-0.3, -0.25) is 4.79 Å². The van der Waals surface area contributed by atoms with Crippen molar-refractivity contribution in [2.45, 2.75) is 33.7 Å². The van der Waals surface area contributed by atoms with Crippen molar-refractivity contribution in [2.24, 2.45) is 11.8 Å². The molecule has 1 unspecified atom stereocenters. The minimum absolute atomic E-state index is 0.0542. The maximum Gasteiger partial charge on any atom is 0.327 e. The molecule has 0 aliphatic heterocycles. The van der Waals surface area contributed by atoms with Crippen LogP contribution in [-0.2, 0) is 16.1 Å². The average Bonchev–Trinajstić information content (AvgIpc) is 2.60. The normalized spacial score (nSPS) is 12.7. The molecule has 0 fully saturated rings. The number of carbonyl (C=O) groups is 1. The summed E-state index contributed by atoms with van der Waals surface area (Å²) in [5.41, 5.74) is 5.34.